The quantitative estimate of drug-likeness (QED) is 0.813. The van der Waals surface area contributed by atoms with Gasteiger partial charge in [-0.15, -0.1) is 0 Å². The summed E-state index contributed by atoms with van der Waals surface area (Å²) in [5.74, 6) is 0.942. The second-order valence-electron chi connectivity index (χ2n) is 6.16. The SMILES string of the molecule is CCCc1c(O)ccc2c1OC(C)(CCC(=O)OCC)CC2. The van der Waals surface area contributed by atoms with E-state index in [1.807, 2.05) is 19.9 Å². The van der Waals surface area contributed by atoms with Gasteiger partial charge in [0.1, 0.15) is 17.1 Å². The monoisotopic (exact) mass is 306 g/mol. The minimum Gasteiger partial charge on any atom is -0.508 e. The van der Waals surface area contributed by atoms with Crippen LogP contribution in [0.5, 0.6) is 11.5 Å². The number of carbonyl (C=O) groups excluding carboxylic acids is 1. The van der Waals surface area contributed by atoms with Gasteiger partial charge in [0.05, 0.1) is 6.61 Å². The zero-order valence-corrected chi connectivity index (χ0v) is 13.8. The molecule has 4 nitrogen and oxygen atoms in total. The Labute approximate surface area is 132 Å². The Morgan fingerprint density at radius 2 is 2.18 bits per heavy atom. The van der Waals surface area contributed by atoms with Crippen LogP contribution in [0.2, 0.25) is 0 Å². The van der Waals surface area contributed by atoms with Gasteiger partial charge in [0.15, 0.2) is 0 Å². The highest BCUT2D eigenvalue weighted by Gasteiger charge is 2.33. The van der Waals surface area contributed by atoms with E-state index in [1.54, 1.807) is 6.07 Å². The van der Waals surface area contributed by atoms with Gasteiger partial charge in [-0.25, -0.2) is 0 Å². The molecular weight excluding hydrogens is 280 g/mol. The Morgan fingerprint density at radius 1 is 1.41 bits per heavy atom. The summed E-state index contributed by atoms with van der Waals surface area (Å²) in [5.41, 5.74) is 1.66. The molecule has 0 fully saturated rings. The third kappa shape index (κ3) is 3.73. The standard InChI is InChI=1S/C18H26O4/c1-4-6-14-15(19)8-7-13-9-11-18(3,22-17(13)14)12-10-16(20)21-5-2/h7-8,19H,4-6,9-12H2,1-3H3. The molecule has 1 aliphatic heterocycles. The van der Waals surface area contributed by atoms with E-state index in [9.17, 15) is 9.90 Å². The lowest BCUT2D eigenvalue weighted by Crippen LogP contribution is -2.37. The summed E-state index contributed by atoms with van der Waals surface area (Å²) >= 11 is 0. The number of benzene rings is 1. The topological polar surface area (TPSA) is 55.8 Å². The van der Waals surface area contributed by atoms with Crippen LogP contribution in [0.25, 0.3) is 0 Å². The second-order valence-corrected chi connectivity index (χ2v) is 6.16. The van der Waals surface area contributed by atoms with Crippen LogP contribution < -0.4 is 4.74 Å². The van der Waals surface area contributed by atoms with Crippen LogP contribution in [0.4, 0.5) is 0 Å². The zero-order chi connectivity index (χ0) is 16.2. The van der Waals surface area contributed by atoms with Gasteiger partial charge in [0.2, 0.25) is 0 Å². The molecule has 0 spiro atoms. The third-order valence-electron chi connectivity index (χ3n) is 4.25. The highest BCUT2D eigenvalue weighted by atomic mass is 16.5. The largest absolute Gasteiger partial charge is 0.508 e. The van der Waals surface area contributed by atoms with Crippen molar-refractivity contribution in [2.24, 2.45) is 0 Å². The predicted octanol–water partition coefficient (Wildman–Crippen LogP) is 3.77. The molecule has 0 radical (unpaired) electrons. The molecule has 1 aromatic carbocycles. The molecule has 22 heavy (non-hydrogen) atoms. The van der Waals surface area contributed by atoms with Crippen LogP contribution in [-0.2, 0) is 22.4 Å². The number of ether oxygens (including phenoxy) is 2. The van der Waals surface area contributed by atoms with E-state index < -0.39 is 0 Å². The van der Waals surface area contributed by atoms with E-state index in [1.165, 1.54) is 0 Å². The first kappa shape index (κ1) is 16.7. The summed E-state index contributed by atoms with van der Waals surface area (Å²) in [6, 6.07) is 3.70. The summed E-state index contributed by atoms with van der Waals surface area (Å²) in [5, 5.41) is 10.1. The van der Waals surface area contributed by atoms with Crippen LogP contribution >= 0.6 is 0 Å². The van der Waals surface area contributed by atoms with Crippen molar-refractivity contribution in [2.45, 2.75) is 64.9 Å². The molecule has 0 amide bonds. The van der Waals surface area contributed by atoms with Gasteiger partial charge in [0, 0.05) is 12.0 Å². The Bertz CT molecular complexity index is 538. The molecule has 1 heterocycles. The Kier molecular flexibility index (Phi) is 5.33. The summed E-state index contributed by atoms with van der Waals surface area (Å²) in [6.07, 6.45) is 4.52. The van der Waals surface area contributed by atoms with Gasteiger partial charge in [0.25, 0.3) is 0 Å². The molecule has 0 aliphatic carbocycles. The number of carbonyl (C=O) groups is 1. The Balaban J connectivity index is 2.15. The first-order valence-electron chi connectivity index (χ1n) is 8.17. The minimum atomic E-state index is -0.379. The first-order valence-corrected chi connectivity index (χ1v) is 8.17. The lowest BCUT2D eigenvalue weighted by molar-refractivity contribution is -0.144. The van der Waals surface area contributed by atoms with Crippen molar-refractivity contribution in [1.82, 2.24) is 0 Å². The Hall–Kier alpha value is -1.71. The molecule has 1 atom stereocenters. The van der Waals surface area contributed by atoms with Crippen molar-refractivity contribution < 1.29 is 19.4 Å². The molecule has 1 aromatic rings. The molecule has 2 rings (SSSR count). The third-order valence-corrected chi connectivity index (χ3v) is 4.25. The molecule has 1 N–H and O–H groups in total. The molecule has 1 unspecified atom stereocenters. The van der Waals surface area contributed by atoms with Gasteiger partial charge in [-0.3, -0.25) is 4.79 Å². The van der Waals surface area contributed by atoms with Gasteiger partial charge in [-0.05, 0) is 51.2 Å². The number of hydrogen-bond donors (Lipinski definition) is 1. The molecule has 0 bridgehead atoms. The van der Waals surface area contributed by atoms with Crippen molar-refractivity contribution in [2.75, 3.05) is 6.61 Å². The highest BCUT2D eigenvalue weighted by Crippen LogP contribution is 2.41. The van der Waals surface area contributed by atoms with E-state index >= 15 is 0 Å². The predicted molar refractivity (Wildman–Crippen MR) is 85.3 cm³/mol. The molecule has 0 saturated heterocycles. The van der Waals surface area contributed by atoms with Crippen LogP contribution in [0.15, 0.2) is 12.1 Å². The molecule has 1 aliphatic rings. The maximum absolute atomic E-state index is 11.6. The van der Waals surface area contributed by atoms with Crippen molar-refractivity contribution >= 4 is 5.97 Å². The zero-order valence-electron chi connectivity index (χ0n) is 13.8. The number of rotatable bonds is 6. The van der Waals surface area contributed by atoms with E-state index in [2.05, 4.69) is 6.92 Å². The fourth-order valence-corrected chi connectivity index (χ4v) is 2.95. The fraction of sp³-hybridized carbons (Fsp3) is 0.611. The van der Waals surface area contributed by atoms with Crippen LogP contribution in [-0.4, -0.2) is 23.3 Å². The van der Waals surface area contributed by atoms with E-state index in [4.69, 9.17) is 9.47 Å². The fourth-order valence-electron chi connectivity index (χ4n) is 2.95. The summed E-state index contributed by atoms with van der Waals surface area (Å²) in [7, 11) is 0. The number of aryl methyl sites for hydroxylation is 1. The van der Waals surface area contributed by atoms with E-state index in [0.717, 1.165) is 42.6 Å². The van der Waals surface area contributed by atoms with Crippen LogP contribution in [0.3, 0.4) is 0 Å². The van der Waals surface area contributed by atoms with Crippen molar-refractivity contribution in [1.29, 1.82) is 0 Å². The number of fused-ring (bicyclic) bond motifs is 1. The summed E-state index contributed by atoms with van der Waals surface area (Å²) < 4.78 is 11.2. The van der Waals surface area contributed by atoms with Gasteiger partial charge in [-0.2, -0.15) is 0 Å². The summed E-state index contributed by atoms with van der Waals surface area (Å²) in [4.78, 5) is 11.6. The number of phenols is 1. The smallest absolute Gasteiger partial charge is 0.305 e. The Morgan fingerprint density at radius 3 is 2.86 bits per heavy atom. The average Bonchev–Trinajstić information content (AvgIpc) is 2.49. The molecule has 122 valence electrons. The van der Waals surface area contributed by atoms with E-state index in [0.29, 0.717) is 25.2 Å². The van der Waals surface area contributed by atoms with Crippen molar-refractivity contribution in [3.8, 4) is 11.5 Å². The molecular formula is C18H26O4. The van der Waals surface area contributed by atoms with Crippen molar-refractivity contribution in [3.63, 3.8) is 0 Å². The average molecular weight is 306 g/mol. The highest BCUT2D eigenvalue weighted by molar-refractivity contribution is 5.69. The first-order chi connectivity index (χ1) is 10.5. The maximum atomic E-state index is 11.6. The second kappa shape index (κ2) is 7.03. The number of phenolic OH excluding ortho intramolecular Hbond substituents is 1. The van der Waals surface area contributed by atoms with Gasteiger partial charge in [-0.1, -0.05) is 19.4 Å². The lowest BCUT2D eigenvalue weighted by Gasteiger charge is -2.37. The number of hydrogen-bond acceptors (Lipinski definition) is 4. The normalized spacial score (nSPS) is 20.1. The van der Waals surface area contributed by atoms with Gasteiger partial charge >= 0.3 is 5.97 Å². The van der Waals surface area contributed by atoms with Crippen LogP contribution in [0.1, 0.15) is 57.6 Å². The van der Waals surface area contributed by atoms with Gasteiger partial charge < -0.3 is 14.6 Å². The molecule has 0 aromatic heterocycles. The number of esters is 1. The lowest BCUT2D eigenvalue weighted by atomic mass is 9.87. The number of aromatic hydroxyl groups is 1. The maximum Gasteiger partial charge on any atom is 0.305 e. The summed E-state index contributed by atoms with van der Waals surface area (Å²) in [6.45, 7) is 6.34. The molecule has 0 saturated carbocycles. The van der Waals surface area contributed by atoms with E-state index in [-0.39, 0.29) is 11.6 Å². The van der Waals surface area contributed by atoms with Crippen LogP contribution in [0, 0.1) is 0 Å². The van der Waals surface area contributed by atoms with Crippen molar-refractivity contribution in [3.05, 3.63) is 23.3 Å². The molecule has 4 heteroatoms. The minimum absolute atomic E-state index is 0.178.